The second-order valence-electron chi connectivity index (χ2n) is 4.93. The molecule has 0 saturated carbocycles. The standard InChI is InChI=1S/C9H10O4.C9H10O3/c1-2-13-6-3-4-7(9(11)12)8(10)5-6;1-2-6-3-4-7(9(11)12)8(10)5-6/h3-5,10H,2H2,1H3,(H,11,12);3-5,10H,2H2,1H3,(H,11,12). The Labute approximate surface area is 144 Å². The summed E-state index contributed by atoms with van der Waals surface area (Å²) in [7, 11) is 0. The fourth-order valence-electron chi connectivity index (χ4n) is 1.93. The molecular formula is C18H20O7. The molecule has 0 radical (unpaired) electrons. The van der Waals surface area contributed by atoms with Crippen LogP contribution < -0.4 is 4.74 Å². The van der Waals surface area contributed by atoms with Crippen LogP contribution in [0.25, 0.3) is 0 Å². The Morgan fingerprint density at radius 1 is 0.880 bits per heavy atom. The van der Waals surface area contributed by atoms with Gasteiger partial charge in [0.2, 0.25) is 0 Å². The molecule has 0 heterocycles. The van der Waals surface area contributed by atoms with E-state index in [2.05, 4.69) is 0 Å². The monoisotopic (exact) mass is 348 g/mol. The Balaban J connectivity index is 0.000000251. The Kier molecular flexibility index (Phi) is 7.27. The van der Waals surface area contributed by atoms with E-state index in [0.717, 1.165) is 12.0 Å². The number of carboxylic acid groups (broad SMARTS) is 2. The number of aromatic carboxylic acids is 2. The minimum atomic E-state index is -1.15. The van der Waals surface area contributed by atoms with Gasteiger partial charge in [0.15, 0.2) is 0 Å². The molecule has 7 heteroatoms. The maximum absolute atomic E-state index is 10.5. The van der Waals surface area contributed by atoms with E-state index in [9.17, 15) is 19.8 Å². The van der Waals surface area contributed by atoms with E-state index in [0.29, 0.717) is 12.4 Å². The van der Waals surface area contributed by atoms with Gasteiger partial charge in [0.25, 0.3) is 0 Å². The predicted octanol–water partition coefficient (Wildman–Crippen LogP) is 3.14. The van der Waals surface area contributed by atoms with Crippen LogP contribution in [0.5, 0.6) is 17.2 Å². The molecule has 0 unspecified atom stereocenters. The van der Waals surface area contributed by atoms with Crippen molar-refractivity contribution < 1.29 is 34.8 Å². The summed E-state index contributed by atoms with van der Waals surface area (Å²) in [6.07, 6.45) is 0.785. The van der Waals surface area contributed by atoms with E-state index in [4.69, 9.17) is 14.9 Å². The molecule has 7 nitrogen and oxygen atoms in total. The molecule has 2 aromatic carbocycles. The number of rotatable bonds is 5. The van der Waals surface area contributed by atoms with Crippen LogP contribution in [0.15, 0.2) is 36.4 Å². The van der Waals surface area contributed by atoms with Crippen molar-refractivity contribution >= 4 is 11.9 Å². The molecule has 2 aromatic rings. The molecule has 0 aliphatic heterocycles. The highest BCUT2D eigenvalue weighted by Crippen LogP contribution is 2.23. The van der Waals surface area contributed by atoms with Crippen molar-refractivity contribution in [3.63, 3.8) is 0 Å². The van der Waals surface area contributed by atoms with Gasteiger partial charge in [-0.3, -0.25) is 0 Å². The topological polar surface area (TPSA) is 124 Å². The summed E-state index contributed by atoms with van der Waals surface area (Å²) in [5, 5.41) is 35.6. The number of phenols is 2. The summed E-state index contributed by atoms with van der Waals surface area (Å²) in [4.78, 5) is 21.0. The number of hydrogen-bond acceptors (Lipinski definition) is 5. The number of carbonyl (C=O) groups is 2. The van der Waals surface area contributed by atoms with Gasteiger partial charge in [0, 0.05) is 6.07 Å². The van der Waals surface area contributed by atoms with Crippen molar-refractivity contribution in [1.82, 2.24) is 0 Å². The lowest BCUT2D eigenvalue weighted by atomic mass is 10.1. The Hall–Kier alpha value is -3.22. The van der Waals surface area contributed by atoms with E-state index < -0.39 is 11.9 Å². The summed E-state index contributed by atoms with van der Waals surface area (Å²) in [6, 6.07) is 8.69. The number of hydrogen-bond donors (Lipinski definition) is 4. The number of aromatic hydroxyl groups is 2. The third-order valence-corrected chi connectivity index (χ3v) is 3.21. The molecule has 0 amide bonds. The fraction of sp³-hybridized carbons (Fsp3) is 0.222. The van der Waals surface area contributed by atoms with Crippen molar-refractivity contribution in [1.29, 1.82) is 0 Å². The first-order chi connectivity index (χ1) is 11.8. The van der Waals surface area contributed by atoms with Crippen LogP contribution >= 0.6 is 0 Å². The number of aryl methyl sites for hydroxylation is 1. The highest BCUT2D eigenvalue weighted by atomic mass is 16.5. The van der Waals surface area contributed by atoms with Gasteiger partial charge in [0.05, 0.1) is 6.61 Å². The lowest BCUT2D eigenvalue weighted by molar-refractivity contribution is 0.0682. The zero-order valence-corrected chi connectivity index (χ0v) is 13.9. The summed E-state index contributed by atoms with van der Waals surface area (Å²) in [5.41, 5.74) is 0.758. The molecule has 0 bridgehead atoms. The Morgan fingerprint density at radius 3 is 1.80 bits per heavy atom. The van der Waals surface area contributed by atoms with Crippen LogP contribution in [0.1, 0.15) is 40.1 Å². The predicted molar refractivity (Wildman–Crippen MR) is 90.7 cm³/mol. The maximum Gasteiger partial charge on any atom is 0.339 e. The van der Waals surface area contributed by atoms with E-state index in [1.54, 1.807) is 6.07 Å². The molecule has 0 atom stereocenters. The summed E-state index contributed by atoms with van der Waals surface area (Å²) >= 11 is 0. The molecule has 0 spiro atoms. The maximum atomic E-state index is 10.5. The van der Waals surface area contributed by atoms with E-state index in [1.807, 2.05) is 13.8 Å². The molecular weight excluding hydrogens is 328 g/mol. The van der Waals surface area contributed by atoms with E-state index >= 15 is 0 Å². The third-order valence-electron chi connectivity index (χ3n) is 3.21. The SMILES string of the molecule is CCOc1ccc(C(=O)O)c(O)c1.CCc1ccc(C(=O)O)c(O)c1. The highest BCUT2D eigenvalue weighted by Gasteiger charge is 2.09. The van der Waals surface area contributed by atoms with Crippen molar-refractivity contribution in [3.05, 3.63) is 53.1 Å². The zero-order valence-electron chi connectivity index (χ0n) is 13.9. The van der Waals surface area contributed by atoms with Crippen molar-refractivity contribution in [2.45, 2.75) is 20.3 Å². The average molecular weight is 348 g/mol. The van der Waals surface area contributed by atoms with Crippen LogP contribution in [0.2, 0.25) is 0 Å². The summed E-state index contributed by atoms with van der Waals surface area (Å²) < 4.78 is 5.07. The fourth-order valence-corrected chi connectivity index (χ4v) is 1.93. The van der Waals surface area contributed by atoms with Crippen LogP contribution in [0.4, 0.5) is 0 Å². The van der Waals surface area contributed by atoms with Crippen molar-refractivity contribution in [3.8, 4) is 17.2 Å². The number of ether oxygens (including phenoxy) is 1. The van der Waals surface area contributed by atoms with Crippen molar-refractivity contribution in [2.75, 3.05) is 6.61 Å². The quantitative estimate of drug-likeness (QED) is 0.654. The van der Waals surface area contributed by atoms with Gasteiger partial charge in [-0.05, 0) is 43.2 Å². The molecule has 4 N–H and O–H groups in total. The van der Waals surface area contributed by atoms with Gasteiger partial charge in [0.1, 0.15) is 28.4 Å². The minimum absolute atomic E-state index is 0.0489. The van der Waals surface area contributed by atoms with Gasteiger partial charge in [-0.2, -0.15) is 0 Å². The lowest BCUT2D eigenvalue weighted by Crippen LogP contribution is -1.97. The molecule has 25 heavy (non-hydrogen) atoms. The summed E-state index contributed by atoms with van der Waals surface area (Å²) in [5.74, 6) is -2.24. The number of benzene rings is 2. The first-order valence-corrected chi connectivity index (χ1v) is 7.54. The Bertz CT molecular complexity index is 753. The Morgan fingerprint density at radius 2 is 1.40 bits per heavy atom. The van der Waals surface area contributed by atoms with Crippen LogP contribution in [0.3, 0.4) is 0 Å². The lowest BCUT2D eigenvalue weighted by Gasteiger charge is -2.04. The normalized spacial score (nSPS) is 9.68. The van der Waals surface area contributed by atoms with E-state index in [1.165, 1.54) is 30.3 Å². The van der Waals surface area contributed by atoms with Crippen LogP contribution in [-0.4, -0.2) is 39.0 Å². The second-order valence-corrected chi connectivity index (χ2v) is 4.93. The molecule has 0 aliphatic rings. The molecule has 0 aromatic heterocycles. The first kappa shape index (κ1) is 19.8. The highest BCUT2D eigenvalue weighted by molar-refractivity contribution is 5.91. The minimum Gasteiger partial charge on any atom is -0.507 e. The second kappa shape index (κ2) is 9.17. The van der Waals surface area contributed by atoms with Crippen LogP contribution in [-0.2, 0) is 6.42 Å². The average Bonchev–Trinajstić information content (AvgIpc) is 2.55. The first-order valence-electron chi connectivity index (χ1n) is 7.54. The van der Waals surface area contributed by atoms with Gasteiger partial charge >= 0.3 is 11.9 Å². The van der Waals surface area contributed by atoms with Gasteiger partial charge in [-0.1, -0.05) is 13.0 Å². The van der Waals surface area contributed by atoms with Crippen molar-refractivity contribution in [2.24, 2.45) is 0 Å². The summed E-state index contributed by atoms with van der Waals surface area (Å²) in [6.45, 7) is 4.23. The number of carboxylic acids is 2. The molecule has 134 valence electrons. The molecule has 0 aliphatic carbocycles. The van der Waals surface area contributed by atoms with Gasteiger partial charge in [-0.25, -0.2) is 9.59 Å². The third kappa shape index (κ3) is 5.72. The smallest absolute Gasteiger partial charge is 0.339 e. The van der Waals surface area contributed by atoms with Gasteiger partial charge < -0.3 is 25.2 Å². The molecule has 0 fully saturated rings. The van der Waals surface area contributed by atoms with Gasteiger partial charge in [-0.15, -0.1) is 0 Å². The zero-order chi connectivity index (χ0) is 19.0. The molecule has 2 rings (SSSR count). The van der Waals surface area contributed by atoms with E-state index in [-0.39, 0.29) is 22.6 Å². The van der Waals surface area contributed by atoms with Crippen LogP contribution in [0, 0.1) is 0 Å². The molecule has 0 saturated heterocycles. The largest absolute Gasteiger partial charge is 0.507 e.